The molecule has 30 heavy (non-hydrogen) atoms. The second-order valence-electron chi connectivity index (χ2n) is 8.68. The van der Waals surface area contributed by atoms with Gasteiger partial charge in [0.1, 0.15) is 24.4 Å². The zero-order valence-corrected chi connectivity index (χ0v) is 19.4. The van der Waals surface area contributed by atoms with E-state index in [0.29, 0.717) is 6.61 Å². The van der Waals surface area contributed by atoms with Gasteiger partial charge in [0, 0.05) is 6.61 Å². The summed E-state index contributed by atoms with van der Waals surface area (Å²) in [6, 6.07) is 0. The van der Waals surface area contributed by atoms with Crippen LogP contribution in [0.1, 0.15) is 110 Å². The number of aliphatic hydroxyl groups excluding tert-OH is 5. The van der Waals surface area contributed by atoms with Crippen molar-refractivity contribution in [2.75, 3.05) is 19.8 Å². The summed E-state index contributed by atoms with van der Waals surface area (Å²) in [7, 11) is 0. The first-order chi connectivity index (χ1) is 14.5. The fourth-order valence-electron chi connectivity index (χ4n) is 3.62. The van der Waals surface area contributed by atoms with Crippen molar-refractivity contribution in [2.45, 2.75) is 134 Å². The van der Waals surface area contributed by atoms with Crippen LogP contribution in [-0.4, -0.2) is 69.8 Å². The third-order valence-electron chi connectivity index (χ3n) is 5.76. The van der Waals surface area contributed by atoms with Crippen molar-refractivity contribution in [3.63, 3.8) is 0 Å². The number of hydrogen-bond donors (Lipinski definition) is 5. The number of ether oxygens (including phenoxy) is 1. The first kappa shape index (κ1) is 29.8. The first-order valence-electron chi connectivity index (χ1n) is 12.4. The summed E-state index contributed by atoms with van der Waals surface area (Å²) in [6.07, 6.45) is 15.1. The van der Waals surface area contributed by atoms with E-state index < -0.39 is 31.0 Å². The summed E-state index contributed by atoms with van der Waals surface area (Å²) in [6.45, 7) is 1.99. The number of unbranched alkanes of at least 4 members (excludes halogenated alkanes) is 15. The molecule has 0 aromatic heterocycles. The quantitative estimate of drug-likeness (QED) is 0.157. The molecule has 6 nitrogen and oxygen atoms in total. The molecule has 0 spiro atoms. The largest absolute Gasteiger partial charge is 0.394 e. The molecule has 0 heterocycles. The third kappa shape index (κ3) is 17.4. The summed E-state index contributed by atoms with van der Waals surface area (Å²) < 4.78 is 5.33. The smallest absolute Gasteiger partial charge is 0.111 e. The van der Waals surface area contributed by atoms with E-state index in [1.54, 1.807) is 0 Å². The second kappa shape index (κ2) is 22.0. The Labute approximate surface area is 184 Å². The molecule has 0 aromatic rings. The van der Waals surface area contributed by atoms with Crippen LogP contribution in [0.15, 0.2) is 0 Å². The maximum absolute atomic E-state index is 9.74. The molecule has 0 radical (unpaired) electrons. The Hall–Kier alpha value is -0.240. The Kier molecular flexibility index (Phi) is 21.8. The summed E-state index contributed by atoms with van der Waals surface area (Å²) in [5.41, 5.74) is 0. The normalized spacial score (nSPS) is 15.8. The molecule has 0 aliphatic heterocycles. The number of aliphatic hydroxyl groups is 5. The first-order valence-corrected chi connectivity index (χ1v) is 12.4. The van der Waals surface area contributed by atoms with Crippen LogP contribution in [0.25, 0.3) is 0 Å². The Bertz CT molecular complexity index is 342. The van der Waals surface area contributed by atoms with Crippen molar-refractivity contribution >= 4 is 0 Å². The minimum absolute atomic E-state index is 0.102. The SMILES string of the molecule is CCCCCCCCCCCCCCCCCCOC[C@H](O)[C@@H](O)[C@H](O)[C@H](O)CO. The number of hydrogen-bond acceptors (Lipinski definition) is 6. The molecule has 0 unspecified atom stereocenters. The van der Waals surface area contributed by atoms with E-state index in [-0.39, 0.29) is 6.61 Å². The van der Waals surface area contributed by atoms with Crippen LogP contribution in [0.5, 0.6) is 0 Å². The molecule has 0 aromatic carbocycles. The summed E-state index contributed by atoms with van der Waals surface area (Å²) in [5, 5.41) is 47.0. The zero-order valence-electron chi connectivity index (χ0n) is 19.4. The lowest BCUT2D eigenvalue weighted by Gasteiger charge is -2.25. The minimum Gasteiger partial charge on any atom is -0.394 e. The van der Waals surface area contributed by atoms with Crippen LogP contribution in [0.3, 0.4) is 0 Å². The zero-order chi connectivity index (χ0) is 22.5. The minimum atomic E-state index is -1.59. The molecular formula is C24H50O6. The van der Waals surface area contributed by atoms with Gasteiger partial charge in [0.25, 0.3) is 0 Å². The Morgan fingerprint density at radius 2 is 0.900 bits per heavy atom. The van der Waals surface area contributed by atoms with E-state index in [2.05, 4.69) is 6.92 Å². The van der Waals surface area contributed by atoms with E-state index in [9.17, 15) is 20.4 Å². The van der Waals surface area contributed by atoms with Gasteiger partial charge in [-0.15, -0.1) is 0 Å². The Morgan fingerprint density at radius 3 is 1.30 bits per heavy atom. The molecule has 0 rings (SSSR count). The highest BCUT2D eigenvalue weighted by atomic mass is 16.5. The van der Waals surface area contributed by atoms with Crippen molar-refractivity contribution < 1.29 is 30.3 Å². The highest BCUT2D eigenvalue weighted by Crippen LogP contribution is 2.14. The average Bonchev–Trinajstić information content (AvgIpc) is 2.76. The molecule has 0 amide bonds. The lowest BCUT2D eigenvalue weighted by atomic mass is 10.0. The molecule has 6 heteroatoms. The molecule has 0 saturated heterocycles. The van der Waals surface area contributed by atoms with Crippen LogP contribution in [0.4, 0.5) is 0 Å². The molecule has 182 valence electrons. The molecule has 0 fully saturated rings. The van der Waals surface area contributed by atoms with Crippen LogP contribution >= 0.6 is 0 Å². The molecule has 0 aliphatic rings. The van der Waals surface area contributed by atoms with Gasteiger partial charge >= 0.3 is 0 Å². The molecule has 4 atom stereocenters. The topological polar surface area (TPSA) is 110 Å². The maximum atomic E-state index is 9.74. The summed E-state index contributed by atoms with van der Waals surface area (Å²) >= 11 is 0. The fourth-order valence-corrected chi connectivity index (χ4v) is 3.62. The predicted molar refractivity (Wildman–Crippen MR) is 121 cm³/mol. The van der Waals surface area contributed by atoms with Crippen molar-refractivity contribution in [3.05, 3.63) is 0 Å². The van der Waals surface area contributed by atoms with Gasteiger partial charge in [-0.1, -0.05) is 103 Å². The van der Waals surface area contributed by atoms with Crippen LogP contribution in [0, 0.1) is 0 Å². The van der Waals surface area contributed by atoms with Crippen molar-refractivity contribution in [1.82, 2.24) is 0 Å². The van der Waals surface area contributed by atoms with E-state index in [0.717, 1.165) is 12.8 Å². The lowest BCUT2D eigenvalue weighted by Crippen LogP contribution is -2.47. The van der Waals surface area contributed by atoms with Gasteiger partial charge in [-0.2, -0.15) is 0 Å². The highest BCUT2D eigenvalue weighted by Gasteiger charge is 2.29. The maximum Gasteiger partial charge on any atom is 0.111 e. The lowest BCUT2D eigenvalue weighted by molar-refractivity contribution is -0.129. The van der Waals surface area contributed by atoms with Gasteiger partial charge in [-0.3, -0.25) is 0 Å². The van der Waals surface area contributed by atoms with Gasteiger partial charge in [0.15, 0.2) is 0 Å². The van der Waals surface area contributed by atoms with Crippen molar-refractivity contribution in [1.29, 1.82) is 0 Å². The molecule has 5 N–H and O–H groups in total. The van der Waals surface area contributed by atoms with Crippen molar-refractivity contribution in [3.8, 4) is 0 Å². The van der Waals surface area contributed by atoms with Gasteiger partial charge < -0.3 is 30.3 Å². The van der Waals surface area contributed by atoms with E-state index in [1.807, 2.05) is 0 Å². The van der Waals surface area contributed by atoms with E-state index >= 15 is 0 Å². The van der Waals surface area contributed by atoms with E-state index in [1.165, 1.54) is 89.9 Å². The second-order valence-corrected chi connectivity index (χ2v) is 8.68. The van der Waals surface area contributed by atoms with Gasteiger partial charge in [0.2, 0.25) is 0 Å². The molecule has 0 aliphatic carbocycles. The summed E-state index contributed by atoms with van der Waals surface area (Å²) in [4.78, 5) is 0. The molecule has 0 bridgehead atoms. The average molecular weight is 435 g/mol. The Balaban J connectivity index is 3.29. The predicted octanol–water partition coefficient (Wildman–Crippen LogP) is 3.70. The Morgan fingerprint density at radius 1 is 0.533 bits per heavy atom. The standard InChI is InChI=1S/C24H50O6/c1-2-3-4-5-6-7-8-9-10-11-12-13-14-15-16-17-18-30-20-22(27)24(29)23(28)21(26)19-25/h21-29H,2-20H2,1H3/t21-,22+,23-,24-/m1/s1. The van der Waals surface area contributed by atoms with E-state index in [4.69, 9.17) is 9.84 Å². The third-order valence-corrected chi connectivity index (χ3v) is 5.76. The van der Waals surface area contributed by atoms with Crippen molar-refractivity contribution in [2.24, 2.45) is 0 Å². The monoisotopic (exact) mass is 434 g/mol. The molecular weight excluding hydrogens is 384 g/mol. The van der Waals surface area contributed by atoms with Crippen LogP contribution in [0.2, 0.25) is 0 Å². The number of rotatable bonds is 23. The highest BCUT2D eigenvalue weighted by molar-refractivity contribution is 4.80. The summed E-state index contributed by atoms with van der Waals surface area (Å²) in [5.74, 6) is 0. The van der Waals surface area contributed by atoms with Gasteiger partial charge in [0.05, 0.1) is 13.2 Å². The van der Waals surface area contributed by atoms with Gasteiger partial charge in [-0.05, 0) is 6.42 Å². The fraction of sp³-hybridized carbons (Fsp3) is 1.00. The van der Waals surface area contributed by atoms with Crippen LogP contribution in [-0.2, 0) is 4.74 Å². The molecule has 0 saturated carbocycles. The van der Waals surface area contributed by atoms with Crippen LogP contribution < -0.4 is 0 Å². The van der Waals surface area contributed by atoms with Gasteiger partial charge in [-0.25, -0.2) is 0 Å².